The summed E-state index contributed by atoms with van der Waals surface area (Å²) < 4.78 is 11.5. The molecule has 0 saturated heterocycles. The number of rotatable bonds is 1. The SMILES string of the molecule is C=C(O)[C@@H](C)F. The summed E-state index contributed by atoms with van der Waals surface area (Å²) in [5.41, 5.74) is 0. The van der Waals surface area contributed by atoms with Crippen LogP contribution in [0, 0.1) is 0 Å². The Hall–Kier alpha value is -0.530. The van der Waals surface area contributed by atoms with E-state index in [1.807, 2.05) is 0 Å². The zero-order chi connectivity index (χ0) is 5.15. The van der Waals surface area contributed by atoms with Gasteiger partial charge in [0.2, 0.25) is 0 Å². The summed E-state index contributed by atoms with van der Waals surface area (Å²) >= 11 is 0. The van der Waals surface area contributed by atoms with Crippen molar-refractivity contribution in [3.05, 3.63) is 12.3 Å². The quantitative estimate of drug-likeness (QED) is 0.483. The fraction of sp³-hybridized carbons (Fsp3) is 0.500. The lowest BCUT2D eigenvalue weighted by Gasteiger charge is -1.92. The summed E-state index contributed by atoms with van der Waals surface area (Å²) in [6, 6.07) is 0. The third-order valence-electron chi connectivity index (χ3n) is 0.459. The molecule has 0 saturated carbocycles. The van der Waals surface area contributed by atoms with Gasteiger partial charge in [0.25, 0.3) is 0 Å². The van der Waals surface area contributed by atoms with Crippen LogP contribution >= 0.6 is 0 Å². The molecule has 0 fully saturated rings. The van der Waals surface area contributed by atoms with Crippen molar-refractivity contribution >= 4 is 0 Å². The molecular weight excluding hydrogens is 83.0 g/mol. The lowest BCUT2D eigenvalue weighted by atomic mass is 10.4. The number of halogens is 1. The molecule has 1 atom stereocenters. The van der Waals surface area contributed by atoms with Crippen molar-refractivity contribution in [1.82, 2.24) is 0 Å². The van der Waals surface area contributed by atoms with Gasteiger partial charge in [-0.3, -0.25) is 0 Å². The van der Waals surface area contributed by atoms with Crippen LogP contribution in [0.25, 0.3) is 0 Å². The van der Waals surface area contributed by atoms with Gasteiger partial charge in [0.05, 0.1) is 0 Å². The van der Waals surface area contributed by atoms with Crippen molar-refractivity contribution in [2.24, 2.45) is 0 Å². The molecule has 0 heterocycles. The van der Waals surface area contributed by atoms with Crippen LogP contribution in [0.3, 0.4) is 0 Å². The largest absolute Gasteiger partial charge is 0.510 e. The molecule has 0 spiro atoms. The van der Waals surface area contributed by atoms with Gasteiger partial charge in [-0.15, -0.1) is 0 Å². The summed E-state index contributed by atoms with van der Waals surface area (Å²) in [6.07, 6.45) is -1.29. The molecule has 0 bridgehead atoms. The Morgan fingerprint density at radius 1 is 2.00 bits per heavy atom. The Morgan fingerprint density at radius 2 is 2.17 bits per heavy atom. The van der Waals surface area contributed by atoms with E-state index < -0.39 is 11.9 Å². The van der Waals surface area contributed by atoms with Crippen LogP contribution in [0.5, 0.6) is 0 Å². The Bertz CT molecular complexity index is 58.6. The molecule has 0 amide bonds. The minimum absolute atomic E-state index is 0.407. The van der Waals surface area contributed by atoms with Crippen LogP contribution in [-0.4, -0.2) is 11.3 Å². The fourth-order valence-electron chi connectivity index (χ4n) is 0. The second-order valence-corrected chi connectivity index (χ2v) is 1.11. The highest BCUT2D eigenvalue weighted by Gasteiger charge is 1.96. The first-order valence-electron chi connectivity index (χ1n) is 1.66. The van der Waals surface area contributed by atoms with E-state index in [1.165, 1.54) is 6.92 Å². The zero-order valence-electron chi connectivity index (χ0n) is 3.61. The van der Waals surface area contributed by atoms with Gasteiger partial charge in [-0.25, -0.2) is 4.39 Å². The van der Waals surface area contributed by atoms with Crippen LogP contribution in [0.2, 0.25) is 0 Å². The maximum atomic E-state index is 11.5. The minimum Gasteiger partial charge on any atom is -0.510 e. The van der Waals surface area contributed by atoms with Crippen LogP contribution in [0.4, 0.5) is 4.39 Å². The minimum atomic E-state index is -1.29. The molecule has 0 radical (unpaired) electrons. The first kappa shape index (κ1) is 5.47. The van der Waals surface area contributed by atoms with E-state index in [0.29, 0.717) is 0 Å². The molecule has 1 N–H and O–H groups in total. The molecule has 1 nitrogen and oxygen atoms in total. The van der Waals surface area contributed by atoms with Gasteiger partial charge in [-0.05, 0) is 6.92 Å². The number of allylic oxidation sites excluding steroid dienone is 1. The lowest BCUT2D eigenvalue weighted by molar-refractivity contribution is 0.278. The van der Waals surface area contributed by atoms with Crippen molar-refractivity contribution in [2.75, 3.05) is 0 Å². The Morgan fingerprint density at radius 3 is 2.17 bits per heavy atom. The summed E-state index contributed by atoms with van der Waals surface area (Å²) in [5, 5.41) is 8.06. The summed E-state index contributed by atoms with van der Waals surface area (Å²) in [4.78, 5) is 0. The summed E-state index contributed by atoms with van der Waals surface area (Å²) in [5.74, 6) is -0.407. The van der Waals surface area contributed by atoms with Crippen molar-refractivity contribution < 1.29 is 9.50 Å². The summed E-state index contributed by atoms with van der Waals surface area (Å²) in [7, 11) is 0. The maximum Gasteiger partial charge on any atom is 0.153 e. The Labute approximate surface area is 36.1 Å². The Kier molecular flexibility index (Phi) is 1.64. The van der Waals surface area contributed by atoms with Crippen LogP contribution in [0.15, 0.2) is 12.3 Å². The standard InChI is InChI=1S/C4H7FO/c1-3(5)4(2)6/h3,6H,2H2,1H3/t3-/m1/s1. The average molecular weight is 90.1 g/mol. The summed E-state index contributed by atoms with van der Waals surface area (Å²) in [6.45, 7) is 4.16. The normalized spacial score (nSPS) is 13.7. The highest BCUT2D eigenvalue weighted by atomic mass is 19.1. The number of aliphatic hydroxyl groups excluding tert-OH is 1. The van der Waals surface area contributed by atoms with Crippen molar-refractivity contribution in [3.8, 4) is 0 Å². The van der Waals surface area contributed by atoms with E-state index in [2.05, 4.69) is 6.58 Å². The molecule has 6 heavy (non-hydrogen) atoms. The monoisotopic (exact) mass is 90.0 g/mol. The number of hydrogen-bond donors (Lipinski definition) is 1. The molecule has 0 rings (SSSR count). The van der Waals surface area contributed by atoms with Gasteiger partial charge >= 0.3 is 0 Å². The topological polar surface area (TPSA) is 20.2 Å². The fourth-order valence-corrected chi connectivity index (χ4v) is 0. The van der Waals surface area contributed by atoms with Gasteiger partial charge < -0.3 is 5.11 Å². The van der Waals surface area contributed by atoms with Crippen molar-refractivity contribution in [3.63, 3.8) is 0 Å². The average Bonchev–Trinajstić information content (AvgIpc) is 1.36. The van der Waals surface area contributed by atoms with Gasteiger partial charge in [0.1, 0.15) is 5.76 Å². The molecule has 2 heteroatoms. The van der Waals surface area contributed by atoms with Crippen LogP contribution in [-0.2, 0) is 0 Å². The number of alkyl halides is 1. The van der Waals surface area contributed by atoms with Crippen LogP contribution < -0.4 is 0 Å². The smallest absolute Gasteiger partial charge is 0.153 e. The van der Waals surface area contributed by atoms with Gasteiger partial charge in [0.15, 0.2) is 6.17 Å². The van der Waals surface area contributed by atoms with Crippen molar-refractivity contribution in [2.45, 2.75) is 13.1 Å². The first-order chi connectivity index (χ1) is 2.64. The molecule has 0 unspecified atom stereocenters. The first-order valence-corrected chi connectivity index (χ1v) is 1.66. The van der Waals surface area contributed by atoms with Crippen LogP contribution in [0.1, 0.15) is 6.92 Å². The predicted octanol–water partition coefficient (Wildman–Crippen LogP) is 1.42. The van der Waals surface area contributed by atoms with E-state index in [-0.39, 0.29) is 0 Å². The molecule has 0 aliphatic heterocycles. The number of hydrogen-bond acceptors (Lipinski definition) is 1. The lowest BCUT2D eigenvalue weighted by Crippen LogP contribution is -1.93. The second kappa shape index (κ2) is 1.80. The van der Waals surface area contributed by atoms with Gasteiger partial charge in [-0.1, -0.05) is 6.58 Å². The molecular formula is C4H7FO. The maximum absolute atomic E-state index is 11.5. The molecule has 0 aliphatic rings. The molecule has 0 aromatic heterocycles. The van der Waals surface area contributed by atoms with E-state index in [9.17, 15) is 4.39 Å². The molecule has 36 valence electrons. The Balaban J connectivity index is 3.26. The molecule has 0 aromatic rings. The molecule has 0 aliphatic carbocycles. The highest BCUT2D eigenvalue weighted by Crippen LogP contribution is 1.95. The second-order valence-electron chi connectivity index (χ2n) is 1.11. The highest BCUT2D eigenvalue weighted by molar-refractivity contribution is 4.84. The van der Waals surface area contributed by atoms with Gasteiger partial charge in [0, 0.05) is 0 Å². The van der Waals surface area contributed by atoms with E-state index in [4.69, 9.17) is 5.11 Å². The predicted molar refractivity (Wildman–Crippen MR) is 22.3 cm³/mol. The number of aliphatic hydroxyl groups is 1. The third kappa shape index (κ3) is 1.76. The van der Waals surface area contributed by atoms with E-state index in [1.54, 1.807) is 0 Å². The third-order valence-corrected chi connectivity index (χ3v) is 0.459. The molecule has 0 aromatic carbocycles. The zero-order valence-corrected chi connectivity index (χ0v) is 3.61. The van der Waals surface area contributed by atoms with Gasteiger partial charge in [-0.2, -0.15) is 0 Å². The van der Waals surface area contributed by atoms with E-state index in [0.717, 1.165) is 0 Å². The van der Waals surface area contributed by atoms with E-state index >= 15 is 0 Å². The van der Waals surface area contributed by atoms with Crippen molar-refractivity contribution in [1.29, 1.82) is 0 Å².